The van der Waals surface area contributed by atoms with Crippen LogP contribution in [0.2, 0.25) is 0 Å². The Kier molecular flexibility index (Phi) is 5.86. The molecule has 0 N–H and O–H groups in total. The first-order valence-electron chi connectivity index (χ1n) is 7.41. The summed E-state index contributed by atoms with van der Waals surface area (Å²) in [4.78, 5) is 0. The minimum atomic E-state index is 0.709. The smallest absolute Gasteiger partial charge is 0.00169 e. The maximum atomic E-state index is 2.38. The maximum Gasteiger partial charge on any atom is 0.00169 e. The molecule has 1 aliphatic rings. The molecule has 1 saturated heterocycles. The third-order valence-electron chi connectivity index (χ3n) is 3.98. The fourth-order valence-electron chi connectivity index (χ4n) is 2.81. The van der Waals surface area contributed by atoms with Crippen molar-refractivity contribution in [1.29, 1.82) is 0 Å². The largest absolute Gasteiger partial charge is 0.111 e. The van der Waals surface area contributed by atoms with Crippen LogP contribution in [0.1, 0.15) is 44.3 Å². The van der Waals surface area contributed by atoms with E-state index < -0.39 is 0 Å². The quantitative estimate of drug-likeness (QED) is 0.485. The summed E-state index contributed by atoms with van der Waals surface area (Å²) in [6, 6.07) is 11.1. The van der Waals surface area contributed by atoms with Crippen LogP contribution < -0.4 is 0 Å². The topological polar surface area (TPSA) is 0 Å². The Labute approximate surface area is 119 Å². The van der Waals surface area contributed by atoms with Gasteiger partial charge < -0.3 is 0 Å². The van der Waals surface area contributed by atoms with Crippen LogP contribution in [0.25, 0.3) is 0 Å². The Hall–Kier alpha value is -0.870. The zero-order valence-electron chi connectivity index (χ0n) is 12.0. The van der Waals surface area contributed by atoms with Crippen molar-refractivity contribution in [2.24, 2.45) is 5.92 Å². The first-order valence-corrected chi connectivity index (χ1v) is 8.57. The standard InChI is InChI=1S/C18H25P/c1-3-4-6-10-15(2)17-13-9-14-18(19-17)16-11-7-5-8-12-16/h3-8,10-12,15,17-19H,9,13-14H2,1-2H3/b4-3-,10-6-. The maximum absolute atomic E-state index is 2.38. The first kappa shape index (κ1) is 14.5. The summed E-state index contributed by atoms with van der Waals surface area (Å²) in [5.74, 6) is 0.709. The van der Waals surface area contributed by atoms with E-state index in [0.717, 1.165) is 19.9 Å². The van der Waals surface area contributed by atoms with Gasteiger partial charge in [-0.25, -0.2) is 0 Å². The Morgan fingerprint density at radius 2 is 1.95 bits per heavy atom. The summed E-state index contributed by atoms with van der Waals surface area (Å²) in [6.45, 7) is 4.45. The SMILES string of the molecule is C/C=C\C=C/C(C)C1CCCC(c2ccccc2)P1. The van der Waals surface area contributed by atoms with Crippen LogP contribution in [0.5, 0.6) is 0 Å². The Morgan fingerprint density at radius 3 is 2.68 bits per heavy atom. The molecule has 0 spiro atoms. The molecule has 0 bridgehead atoms. The van der Waals surface area contributed by atoms with Gasteiger partial charge in [0.25, 0.3) is 0 Å². The summed E-state index contributed by atoms with van der Waals surface area (Å²) in [5.41, 5.74) is 3.23. The molecule has 0 radical (unpaired) electrons. The van der Waals surface area contributed by atoms with Crippen LogP contribution in [-0.4, -0.2) is 5.66 Å². The lowest BCUT2D eigenvalue weighted by Gasteiger charge is -2.32. The molecule has 2 rings (SSSR count). The average molecular weight is 272 g/mol. The minimum Gasteiger partial charge on any atom is -0.111 e. The van der Waals surface area contributed by atoms with Gasteiger partial charge >= 0.3 is 0 Å². The van der Waals surface area contributed by atoms with Crippen molar-refractivity contribution in [3.05, 3.63) is 60.2 Å². The Balaban J connectivity index is 1.97. The zero-order valence-corrected chi connectivity index (χ0v) is 13.0. The van der Waals surface area contributed by atoms with Gasteiger partial charge in [-0.1, -0.05) is 68.0 Å². The van der Waals surface area contributed by atoms with Gasteiger partial charge in [-0.15, -0.1) is 8.58 Å². The van der Waals surface area contributed by atoms with Crippen LogP contribution in [-0.2, 0) is 0 Å². The van der Waals surface area contributed by atoms with Gasteiger partial charge in [-0.05, 0) is 36.9 Å². The van der Waals surface area contributed by atoms with Crippen molar-refractivity contribution >= 4 is 8.58 Å². The van der Waals surface area contributed by atoms with Crippen molar-refractivity contribution in [2.75, 3.05) is 0 Å². The Morgan fingerprint density at radius 1 is 1.16 bits per heavy atom. The summed E-state index contributed by atoms with van der Waals surface area (Å²) in [6.07, 6.45) is 13.0. The molecule has 0 saturated carbocycles. The second-order valence-electron chi connectivity index (χ2n) is 5.44. The fraction of sp³-hybridized carbons (Fsp3) is 0.444. The number of allylic oxidation sites excluding steroid dienone is 4. The lowest BCUT2D eigenvalue weighted by molar-refractivity contribution is 0.542. The van der Waals surface area contributed by atoms with Crippen LogP contribution in [0.15, 0.2) is 54.6 Å². The molecule has 4 atom stereocenters. The van der Waals surface area contributed by atoms with E-state index in [1.807, 2.05) is 0 Å². The molecule has 1 aromatic carbocycles. The average Bonchev–Trinajstić information content (AvgIpc) is 2.48. The van der Waals surface area contributed by atoms with Gasteiger partial charge in [-0.2, -0.15) is 0 Å². The van der Waals surface area contributed by atoms with Crippen LogP contribution >= 0.6 is 8.58 Å². The number of hydrogen-bond donors (Lipinski definition) is 0. The van der Waals surface area contributed by atoms with Crippen molar-refractivity contribution in [3.63, 3.8) is 0 Å². The highest BCUT2D eigenvalue weighted by Gasteiger charge is 2.25. The Bertz CT molecular complexity index is 419. The van der Waals surface area contributed by atoms with Crippen molar-refractivity contribution < 1.29 is 0 Å². The number of hydrogen-bond acceptors (Lipinski definition) is 0. The highest BCUT2D eigenvalue weighted by molar-refractivity contribution is 7.39. The monoisotopic (exact) mass is 272 g/mol. The molecule has 1 heterocycles. The second kappa shape index (κ2) is 7.65. The minimum absolute atomic E-state index is 0.709. The van der Waals surface area contributed by atoms with Gasteiger partial charge in [0.2, 0.25) is 0 Å². The predicted octanol–water partition coefficient (Wildman–Crippen LogP) is 5.73. The molecule has 0 aliphatic carbocycles. The lowest BCUT2D eigenvalue weighted by atomic mass is 9.98. The molecule has 4 unspecified atom stereocenters. The molecule has 1 aliphatic heterocycles. The summed E-state index contributed by atoms with van der Waals surface area (Å²) in [5, 5.41) is 0. The van der Waals surface area contributed by atoms with E-state index in [4.69, 9.17) is 0 Å². The van der Waals surface area contributed by atoms with Gasteiger partial charge in [0, 0.05) is 5.66 Å². The summed E-state index contributed by atoms with van der Waals surface area (Å²) < 4.78 is 0. The molecule has 1 aromatic rings. The third kappa shape index (κ3) is 4.32. The van der Waals surface area contributed by atoms with E-state index >= 15 is 0 Å². The van der Waals surface area contributed by atoms with Crippen LogP contribution in [0, 0.1) is 5.92 Å². The molecule has 19 heavy (non-hydrogen) atoms. The van der Waals surface area contributed by atoms with Gasteiger partial charge in [0.05, 0.1) is 0 Å². The number of benzene rings is 1. The molecule has 0 aromatic heterocycles. The predicted molar refractivity (Wildman–Crippen MR) is 88.3 cm³/mol. The van der Waals surface area contributed by atoms with Crippen molar-refractivity contribution in [3.8, 4) is 0 Å². The van der Waals surface area contributed by atoms with Gasteiger partial charge in [-0.3, -0.25) is 0 Å². The van der Waals surface area contributed by atoms with E-state index in [1.54, 1.807) is 5.56 Å². The van der Waals surface area contributed by atoms with E-state index in [0.29, 0.717) is 5.92 Å². The lowest BCUT2D eigenvalue weighted by Crippen LogP contribution is -2.17. The molecular weight excluding hydrogens is 247 g/mol. The molecule has 0 amide bonds. The third-order valence-corrected chi connectivity index (χ3v) is 6.25. The summed E-state index contributed by atoms with van der Waals surface area (Å²) >= 11 is 0. The molecule has 0 nitrogen and oxygen atoms in total. The van der Waals surface area contributed by atoms with E-state index in [2.05, 4.69) is 68.5 Å². The highest BCUT2D eigenvalue weighted by Crippen LogP contribution is 2.50. The highest BCUT2D eigenvalue weighted by atomic mass is 31.1. The van der Waals surface area contributed by atoms with Gasteiger partial charge in [0.15, 0.2) is 0 Å². The molecule has 1 heteroatoms. The van der Waals surface area contributed by atoms with E-state index in [1.165, 1.54) is 19.3 Å². The van der Waals surface area contributed by atoms with Crippen LogP contribution in [0.4, 0.5) is 0 Å². The normalized spacial score (nSPS) is 27.3. The van der Waals surface area contributed by atoms with Crippen molar-refractivity contribution in [1.82, 2.24) is 0 Å². The van der Waals surface area contributed by atoms with E-state index in [-0.39, 0.29) is 0 Å². The van der Waals surface area contributed by atoms with E-state index in [9.17, 15) is 0 Å². The molecule has 102 valence electrons. The first-order chi connectivity index (χ1) is 9.31. The fourth-order valence-corrected chi connectivity index (χ4v) is 4.87. The van der Waals surface area contributed by atoms with Crippen molar-refractivity contribution in [2.45, 2.75) is 44.4 Å². The molecule has 1 fully saturated rings. The van der Waals surface area contributed by atoms with Crippen LogP contribution in [0.3, 0.4) is 0 Å². The zero-order chi connectivity index (χ0) is 13.5. The second-order valence-corrected chi connectivity index (χ2v) is 7.21. The molecular formula is C18H25P. The number of rotatable bonds is 4. The summed E-state index contributed by atoms with van der Waals surface area (Å²) in [7, 11) is 1.08. The van der Waals surface area contributed by atoms with Gasteiger partial charge in [0.1, 0.15) is 0 Å².